The number of carboxylic acid groups (broad SMARTS) is 1. The molecule has 1 N–H and O–H groups in total. The fraction of sp³-hybridized carbons (Fsp3) is 0.0909. The van der Waals surface area contributed by atoms with E-state index >= 15 is 0 Å². The zero-order valence-electron chi connectivity index (χ0n) is 8.84. The summed E-state index contributed by atoms with van der Waals surface area (Å²) in [4.78, 5) is 14.5. The standard InChI is InChI=1S/C11H7F2NO3S/c12-11(13)17-8-4-2-1-3-6(8)7-5-18-9(14-7)10(15)16/h1-5,11H,(H,15,16). The van der Waals surface area contributed by atoms with Gasteiger partial charge < -0.3 is 9.84 Å². The number of benzene rings is 1. The molecule has 0 unspecified atom stereocenters. The highest BCUT2D eigenvalue weighted by molar-refractivity contribution is 7.11. The van der Waals surface area contributed by atoms with Crippen LogP contribution in [0.2, 0.25) is 0 Å². The van der Waals surface area contributed by atoms with Crippen molar-refractivity contribution in [2.45, 2.75) is 6.61 Å². The van der Waals surface area contributed by atoms with Gasteiger partial charge in [-0.2, -0.15) is 8.78 Å². The molecule has 7 heteroatoms. The molecule has 0 radical (unpaired) electrons. The van der Waals surface area contributed by atoms with Crippen molar-refractivity contribution in [2.24, 2.45) is 0 Å². The highest BCUT2D eigenvalue weighted by Gasteiger charge is 2.15. The Hall–Kier alpha value is -2.02. The number of ether oxygens (including phenoxy) is 1. The average Bonchev–Trinajstić information content (AvgIpc) is 2.78. The molecule has 4 nitrogen and oxygen atoms in total. The number of thiazole rings is 1. The van der Waals surface area contributed by atoms with E-state index in [0.717, 1.165) is 11.3 Å². The van der Waals surface area contributed by atoms with Crippen LogP contribution in [0.1, 0.15) is 9.80 Å². The predicted molar refractivity (Wildman–Crippen MR) is 61.1 cm³/mol. The first-order chi connectivity index (χ1) is 8.58. The van der Waals surface area contributed by atoms with Gasteiger partial charge in [-0.3, -0.25) is 0 Å². The molecule has 1 aromatic heterocycles. The van der Waals surface area contributed by atoms with E-state index < -0.39 is 12.6 Å². The maximum Gasteiger partial charge on any atom is 0.387 e. The van der Waals surface area contributed by atoms with Gasteiger partial charge in [0.1, 0.15) is 5.75 Å². The lowest BCUT2D eigenvalue weighted by Gasteiger charge is -2.08. The number of hydrogen-bond acceptors (Lipinski definition) is 4. The third-order valence-electron chi connectivity index (χ3n) is 2.07. The molecule has 0 saturated heterocycles. The van der Waals surface area contributed by atoms with Gasteiger partial charge in [0.25, 0.3) is 0 Å². The van der Waals surface area contributed by atoms with Gasteiger partial charge in [0.2, 0.25) is 5.01 Å². The third kappa shape index (κ3) is 2.62. The molecular formula is C11H7F2NO3S. The van der Waals surface area contributed by atoms with E-state index in [1.54, 1.807) is 18.2 Å². The summed E-state index contributed by atoms with van der Waals surface area (Å²) in [5.41, 5.74) is 0.634. The van der Waals surface area contributed by atoms with E-state index in [1.165, 1.54) is 11.4 Å². The van der Waals surface area contributed by atoms with Crippen LogP contribution < -0.4 is 4.74 Å². The van der Waals surface area contributed by atoms with Crippen LogP contribution in [0.25, 0.3) is 11.3 Å². The Morgan fingerprint density at radius 2 is 2.11 bits per heavy atom. The largest absolute Gasteiger partial charge is 0.476 e. The number of alkyl halides is 2. The Kier molecular flexibility index (Phi) is 3.52. The van der Waals surface area contributed by atoms with E-state index in [1.807, 2.05) is 0 Å². The van der Waals surface area contributed by atoms with Crippen LogP contribution in [0.5, 0.6) is 5.75 Å². The molecule has 0 atom stereocenters. The van der Waals surface area contributed by atoms with Crippen LogP contribution in [0.15, 0.2) is 29.6 Å². The van der Waals surface area contributed by atoms with E-state index in [-0.39, 0.29) is 10.8 Å². The molecule has 0 aliphatic carbocycles. The second-order valence-corrected chi connectivity index (χ2v) is 4.08. The second-order valence-electron chi connectivity index (χ2n) is 3.22. The zero-order chi connectivity index (χ0) is 13.1. The quantitative estimate of drug-likeness (QED) is 0.928. The fourth-order valence-electron chi connectivity index (χ4n) is 1.37. The minimum absolute atomic E-state index is 0.0326. The number of para-hydroxylation sites is 1. The van der Waals surface area contributed by atoms with E-state index in [2.05, 4.69) is 9.72 Å². The van der Waals surface area contributed by atoms with Crippen molar-refractivity contribution in [3.8, 4) is 17.0 Å². The van der Waals surface area contributed by atoms with Gasteiger partial charge in [0.15, 0.2) is 0 Å². The molecule has 0 spiro atoms. The summed E-state index contributed by atoms with van der Waals surface area (Å²) in [6.45, 7) is -2.94. The van der Waals surface area contributed by atoms with Gasteiger partial charge in [0, 0.05) is 10.9 Å². The molecule has 0 aliphatic heterocycles. The predicted octanol–water partition coefficient (Wildman–Crippen LogP) is 3.11. The van der Waals surface area contributed by atoms with Gasteiger partial charge in [-0.15, -0.1) is 11.3 Å². The molecule has 2 aromatic rings. The Bertz CT molecular complexity index is 571. The molecule has 94 valence electrons. The van der Waals surface area contributed by atoms with Gasteiger partial charge in [0.05, 0.1) is 5.69 Å². The monoisotopic (exact) mass is 271 g/mol. The van der Waals surface area contributed by atoms with Crippen LogP contribution in [0, 0.1) is 0 Å². The summed E-state index contributed by atoms with van der Waals surface area (Å²) < 4.78 is 28.8. The number of aromatic carboxylic acids is 1. The summed E-state index contributed by atoms with van der Waals surface area (Å²) in [5.74, 6) is -1.19. The van der Waals surface area contributed by atoms with Crippen LogP contribution in [0.3, 0.4) is 0 Å². The minimum atomic E-state index is -2.94. The topological polar surface area (TPSA) is 59.4 Å². The third-order valence-corrected chi connectivity index (χ3v) is 2.90. The van der Waals surface area contributed by atoms with Gasteiger partial charge >= 0.3 is 12.6 Å². The number of aromatic nitrogens is 1. The van der Waals surface area contributed by atoms with E-state index in [9.17, 15) is 13.6 Å². The maximum atomic E-state index is 12.2. The van der Waals surface area contributed by atoms with Crippen molar-refractivity contribution in [1.29, 1.82) is 0 Å². The SMILES string of the molecule is O=C(O)c1nc(-c2ccccc2OC(F)F)cs1. The van der Waals surface area contributed by atoms with Crippen molar-refractivity contribution in [2.75, 3.05) is 0 Å². The summed E-state index contributed by atoms with van der Waals surface area (Å²) in [6, 6.07) is 6.10. The number of nitrogens with zero attached hydrogens (tertiary/aromatic N) is 1. The fourth-order valence-corrected chi connectivity index (χ4v) is 2.03. The Morgan fingerprint density at radius 3 is 2.72 bits per heavy atom. The first-order valence-electron chi connectivity index (χ1n) is 4.81. The molecule has 0 saturated carbocycles. The summed E-state index contributed by atoms with van der Waals surface area (Å²) in [6.07, 6.45) is 0. The zero-order valence-corrected chi connectivity index (χ0v) is 9.66. The molecule has 0 fully saturated rings. The van der Waals surface area contributed by atoms with Crippen molar-refractivity contribution >= 4 is 17.3 Å². The molecule has 0 amide bonds. The first kappa shape index (κ1) is 12.4. The molecule has 2 rings (SSSR count). The van der Waals surface area contributed by atoms with Crippen molar-refractivity contribution in [3.05, 3.63) is 34.7 Å². The number of hydrogen-bond donors (Lipinski definition) is 1. The Morgan fingerprint density at radius 1 is 1.39 bits per heavy atom. The first-order valence-corrected chi connectivity index (χ1v) is 5.69. The summed E-state index contributed by atoms with van der Waals surface area (Å²) in [5, 5.41) is 10.1. The highest BCUT2D eigenvalue weighted by Crippen LogP contribution is 2.31. The molecular weight excluding hydrogens is 264 g/mol. The molecule has 1 aromatic carbocycles. The minimum Gasteiger partial charge on any atom is -0.476 e. The van der Waals surface area contributed by atoms with Crippen molar-refractivity contribution < 1.29 is 23.4 Å². The lowest BCUT2D eigenvalue weighted by molar-refractivity contribution is -0.0494. The van der Waals surface area contributed by atoms with Crippen LogP contribution in [-0.4, -0.2) is 22.7 Å². The number of rotatable bonds is 4. The van der Waals surface area contributed by atoms with Crippen molar-refractivity contribution in [1.82, 2.24) is 4.98 Å². The smallest absolute Gasteiger partial charge is 0.387 e. The molecule has 1 heterocycles. The van der Waals surface area contributed by atoms with Crippen LogP contribution >= 0.6 is 11.3 Å². The molecule has 18 heavy (non-hydrogen) atoms. The Labute approximate surface area is 104 Å². The lowest BCUT2D eigenvalue weighted by Crippen LogP contribution is -2.03. The van der Waals surface area contributed by atoms with Crippen molar-refractivity contribution in [3.63, 3.8) is 0 Å². The van der Waals surface area contributed by atoms with Crippen LogP contribution in [0.4, 0.5) is 8.78 Å². The van der Waals surface area contributed by atoms with Gasteiger partial charge in [-0.1, -0.05) is 12.1 Å². The van der Waals surface area contributed by atoms with Gasteiger partial charge in [-0.25, -0.2) is 9.78 Å². The average molecular weight is 271 g/mol. The second kappa shape index (κ2) is 5.09. The molecule has 0 bridgehead atoms. The Balaban J connectivity index is 2.39. The van der Waals surface area contributed by atoms with E-state index in [4.69, 9.17) is 5.11 Å². The summed E-state index contributed by atoms with van der Waals surface area (Å²) >= 11 is 0.926. The van der Waals surface area contributed by atoms with Crippen LogP contribution in [-0.2, 0) is 0 Å². The summed E-state index contributed by atoms with van der Waals surface area (Å²) in [7, 11) is 0. The highest BCUT2D eigenvalue weighted by atomic mass is 32.1. The maximum absolute atomic E-state index is 12.2. The molecule has 0 aliphatic rings. The number of halogens is 2. The van der Waals surface area contributed by atoms with Gasteiger partial charge in [-0.05, 0) is 12.1 Å². The number of carboxylic acids is 1. The lowest BCUT2D eigenvalue weighted by atomic mass is 10.1. The van der Waals surface area contributed by atoms with E-state index in [0.29, 0.717) is 11.3 Å². The number of carbonyl (C=O) groups is 1. The normalized spacial score (nSPS) is 10.6.